The Morgan fingerprint density at radius 1 is 0.339 bits per heavy atom. The average Bonchev–Trinajstić information content (AvgIpc) is 3.55. The summed E-state index contributed by atoms with van der Waals surface area (Å²) in [5, 5.41) is 4.91. The highest BCUT2D eigenvalue weighted by atomic mass is 14.9. The normalized spacial score (nSPS) is 12.7. The molecule has 1 aliphatic carbocycles. The van der Waals surface area contributed by atoms with Gasteiger partial charge in [0.25, 0.3) is 0 Å². The van der Waals surface area contributed by atoms with Crippen molar-refractivity contribution in [1.29, 1.82) is 0 Å². The van der Waals surface area contributed by atoms with Gasteiger partial charge in [-0.2, -0.15) is 0 Å². The van der Waals surface area contributed by atoms with Crippen LogP contribution in [0.3, 0.4) is 0 Å². The van der Waals surface area contributed by atoms with Gasteiger partial charge in [0.2, 0.25) is 0 Å². The van der Waals surface area contributed by atoms with Crippen LogP contribution in [0.4, 0.5) is 0 Å². The van der Waals surface area contributed by atoms with Crippen LogP contribution in [0, 0.1) is 0 Å². The number of benzene rings is 9. The van der Waals surface area contributed by atoms with Gasteiger partial charge in [-0.25, -0.2) is 9.97 Å². The van der Waals surface area contributed by atoms with E-state index in [4.69, 9.17) is 9.97 Å². The predicted octanol–water partition coefficient (Wildman–Crippen LogP) is 15.1. The van der Waals surface area contributed by atoms with Crippen molar-refractivity contribution in [3.05, 3.63) is 217 Å². The fraction of sp³-hybridized carbons (Fsp3) is 0.0526. The van der Waals surface area contributed by atoms with Crippen molar-refractivity contribution >= 4 is 21.5 Å². The summed E-state index contributed by atoms with van der Waals surface area (Å²) in [6.45, 7) is 4.75. The van der Waals surface area contributed by atoms with E-state index < -0.39 is 0 Å². The molecule has 0 saturated heterocycles. The highest BCUT2D eigenvalue weighted by Crippen LogP contribution is 2.55. The summed E-state index contributed by atoms with van der Waals surface area (Å²) in [5.74, 6) is 0.703. The molecule has 0 spiro atoms. The van der Waals surface area contributed by atoms with Crippen molar-refractivity contribution in [2.75, 3.05) is 0 Å². The lowest BCUT2D eigenvalue weighted by atomic mass is 9.80. The van der Waals surface area contributed by atoms with Gasteiger partial charge in [-0.3, -0.25) is 0 Å². The molecule has 9 aromatic carbocycles. The van der Waals surface area contributed by atoms with Crippen LogP contribution in [0.2, 0.25) is 0 Å². The highest BCUT2D eigenvalue weighted by molar-refractivity contribution is 6.09. The highest BCUT2D eigenvalue weighted by Gasteiger charge is 2.38. The van der Waals surface area contributed by atoms with Crippen LogP contribution in [-0.4, -0.2) is 9.97 Å². The first-order chi connectivity index (χ1) is 29.0. The second-order valence-electron chi connectivity index (χ2n) is 16.1. The fourth-order valence-electron chi connectivity index (χ4n) is 9.50. The third-order valence-electron chi connectivity index (χ3n) is 12.3. The molecule has 0 amide bonds. The zero-order chi connectivity index (χ0) is 39.5. The number of rotatable bonds is 6. The van der Waals surface area contributed by atoms with E-state index in [2.05, 4.69) is 220 Å². The molecule has 0 atom stereocenters. The number of fused-ring (bicyclic) bond motifs is 6. The number of nitrogens with zero attached hydrogens (tertiary/aromatic N) is 2. The van der Waals surface area contributed by atoms with Crippen molar-refractivity contribution in [2.45, 2.75) is 19.3 Å². The lowest BCUT2D eigenvalue weighted by molar-refractivity contribution is 0.666. The maximum atomic E-state index is 5.43. The predicted molar refractivity (Wildman–Crippen MR) is 247 cm³/mol. The van der Waals surface area contributed by atoms with Crippen LogP contribution in [0.25, 0.3) is 100.0 Å². The van der Waals surface area contributed by atoms with Crippen molar-refractivity contribution in [2.24, 2.45) is 0 Å². The van der Waals surface area contributed by atoms with E-state index in [0.717, 1.165) is 44.6 Å². The minimum absolute atomic E-state index is 0.139. The third kappa shape index (κ3) is 5.79. The molecule has 0 bridgehead atoms. The van der Waals surface area contributed by atoms with E-state index in [0.29, 0.717) is 5.82 Å². The molecule has 11 rings (SSSR count). The Bertz CT molecular complexity index is 3220. The van der Waals surface area contributed by atoms with Gasteiger partial charge in [0, 0.05) is 22.1 Å². The molecule has 0 aliphatic heterocycles. The summed E-state index contributed by atoms with van der Waals surface area (Å²) in [5.41, 5.74) is 17.3. The van der Waals surface area contributed by atoms with Gasteiger partial charge >= 0.3 is 0 Å². The molecule has 1 aliphatic rings. The average molecular weight is 753 g/mol. The Kier molecular flexibility index (Phi) is 8.20. The molecule has 1 aromatic heterocycles. The molecule has 0 radical (unpaired) electrons. The van der Waals surface area contributed by atoms with Gasteiger partial charge in [-0.05, 0) is 89.3 Å². The fourth-order valence-corrected chi connectivity index (χ4v) is 9.50. The molecule has 0 unspecified atom stereocenters. The van der Waals surface area contributed by atoms with E-state index in [-0.39, 0.29) is 5.41 Å². The van der Waals surface area contributed by atoms with Crippen LogP contribution in [0.15, 0.2) is 206 Å². The Balaban J connectivity index is 1.08. The molecular formula is C57H40N2. The number of hydrogen-bond acceptors (Lipinski definition) is 2. The molecule has 1 heterocycles. The number of aromatic nitrogens is 2. The smallest absolute Gasteiger partial charge is 0.161 e. The molecule has 10 aromatic rings. The maximum absolute atomic E-state index is 5.43. The van der Waals surface area contributed by atoms with Crippen molar-refractivity contribution in [3.63, 3.8) is 0 Å². The zero-order valence-electron chi connectivity index (χ0n) is 33.0. The monoisotopic (exact) mass is 752 g/mol. The first-order valence-corrected chi connectivity index (χ1v) is 20.4. The zero-order valence-corrected chi connectivity index (χ0v) is 33.0. The maximum Gasteiger partial charge on any atom is 0.161 e. The standard InChI is InChI=1S/C57H40N2/c1-57(2)51-27-15-26-48(54(51)50-33-32-39-18-9-10-22-43(39)55(50)57)46-34-35-49(45-24-13-12-23-44(45)46)56-58-52(41-19-7-4-8-20-41)36-53(59-56)47-25-14-11-21-42(47)40-30-28-38(29-31-40)37-16-5-3-6-17-37/h3-36H,1-2H3. The second kappa shape index (κ2) is 13.9. The first kappa shape index (κ1) is 34.8. The molecule has 0 fully saturated rings. The Hall–Kier alpha value is -7.42. The topological polar surface area (TPSA) is 25.8 Å². The Morgan fingerprint density at radius 2 is 0.881 bits per heavy atom. The number of hydrogen-bond donors (Lipinski definition) is 0. The first-order valence-electron chi connectivity index (χ1n) is 20.4. The van der Waals surface area contributed by atoms with E-state index in [1.165, 1.54) is 60.7 Å². The van der Waals surface area contributed by atoms with Crippen LogP contribution in [-0.2, 0) is 5.41 Å². The van der Waals surface area contributed by atoms with Crippen LogP contribution >= 0.6 is 0 Å². The Labute approximate surface area is 345 Å². The lowest BCUT2D eigenvalue weighted by Crippen LogP contribution is -2.15. The van der Waals surface area contributed by atoms with Gasteiger partial charge in [-0.1, -0.05) is 208 Å². The molecule has 2 nitrogen and oxygen atoms in total. The van der Waals surface area contributed by atoms with E-state index in [1.807, 2.05) is 0 Å². The van der Waals surface area contributed by atoms with E-state index in [9.17, 15) is 0 Å². The van der Waals surface area contributed by atoms with Crippen LogP contribution in [0.1, 0.15) is 25.0 Å². The minimum Gasteiger partial charge on any atom is -0.228 e. The van der Waals surface area contributed by atoms with Crippen LogP contribution < -0.4 is 0 Å². The van der Waals surface area contributed by atoms with Gasteiger partial charge in [0.15, 0.2) is 5.82 Å². The quantitative estimate of drug-likeness (QED) is 0.169. The molecule has 0 N–H and O–H groups in total. The van der Waals surface area contributed by atoms with E-state index in [1.54, 1.807) is 0 Å². The molecule has 0 saturated carbocycles. The summed E-state index contributed by atoms with van der Waals surface area (Å²) < 4.78 is 0. The summed E-state index contributed by atoms with van der Waals surface area (Å²) in [6.07, 6.45) is 0. The SMILES string of the molecule is CC1(C)c2cccc(-c3ccc(-c4nc(-c5ccccc5)cc(-c5ccccc5-c5ccc(-c6ccccc6)cc5)n4)c4ccccc34)c2-c2ccc3ccccc3c21. The lowest BCUT2D eigenvalue weighted by Gasteiger charge is -2.23. The molecule has 278 valence electrons. The summed E-state index contributed by atoms with van der Waals surface area (Å²) in [4.78, 5) is 10.8. The molecule has 59 heavy (non-hydrogen) atoms. The summed E-state index contributed by atoms with van der Waals surface area (Å²) in [7, 11) is 0. The molecular weight excluding hydrogens is 713 g/mol. The van der Waals surface area contributed by atoms with Gasteiger partial charge < -0.3 is 0 Å². The third-order valence-corrected chi connectivity index (χ3v) is 12.3. The second-order valence-corrected chi connectivity index (χ2v) is 16.1. The van der Waals surface area contributed by atoms with Gasteiger partial charge in [-0.15, -0.1) is 0 Å². The summed E-state index contributed by atoms with van der Waals surface area (Å²) >= 11 is 0. The Morgan fingerprint density at radius 3 is 1.64 bits per heavy atom. The minimum atomic E-state index is -0.139. The van der Waals surface area contributed by atoms with Gasteiger partial charge in [0.05, 0.1) is 11.4 Å². The van der Waals surface area contributed by atoms with E-state index >= 15 is 0 Å². The van der Waals surface area contributed by atoms with Crippen molar-refractivity contribution < 1.29 is 0 Å². The van der Waals surface area contributed by atoms with Crippen molar-refractivity contribution in [3.8, 4) is 78.4 Å². The van der Waals surface area contributed by atoms with Crippen molar-refractivity contribution in [1.82, 2.24) is 9.97 Å². The summed E-state index contributed by atoms with van der Waals surface area (Å²) in [6, 6.07) is 74.1. The van der Waals surface area contributed by atoms with Crippen LogP contribution in [0.5, 0.6) is 0 Å². The molecule has 2 heteroatoms. The van der Waals surface area contributed by atoms with Gasteiger partial charge in [0.1, 0.15) is 0 Å². The largest absolute Gasteiger partial charge is 0.228 e.